The zero-order valence-corrected chi connectivity index (χ0v) is 10.4. The second kappa shape index (κ2) is 4.54. The van der Waals surface area contributed by atoms with Crippen molar-refractivity contribution >= 4 is 39.1 Å². The molecule has 1 aliphatic rings. The highest BCUT2D eigenvalue weighted by Gasteiger charge is 2.25. The fourth-order valence-electron chi connectivity index (χ4n) is 1.49. The van der Waals surface area contributed by atoms with Crippen LogP contribution < -0.4 is 5.32 Å². The standard InChI is InChI=1S/C11H11BrClNO/c12-9-6-8(4-5-10(9)13)14-11(15)7-2-1-3-7/h4-7H,1-3H2,(H,14,15). The predicted octanol–water partition coefficient (Wildman–Crippen LogP) is 3.84. The van der Waals surface area contributed by atoms with Crippen molar-refractivity contribution in [2.75, 3.05) is 5.32 Å². The van der Waals surface area contributed by atoms with Crippen LogP contribution in [0.4, 0.5) is 5.69 Å². The molecule has 0 unspecified atom stereocenters. The number of rotatable bonds is 2. The molecule has 2 rings (SSSR count). The monoisotopic (exact) mass is 287 g/mol. The van der Waals surface area contributed by atoms with E-state index in [1.165, 1.54) is 6.42 Å². The summed E-state index contributed by atoms with van der Waals surface area (Å²) in [6.45, 7) is 0. The highest BCUT2D eigenvalue weighted by molar-refractivity contribution is 9.10. The summed E-state index contributed by atoms with van der Waals surface area (Å²) in [4.78, 5) is 11.6. The van der Waals surface area contributed by atoms with Gasteiger partial charge in [-0.25, -0.2) is 0 Å². The van der Waals surface area contributed by atoms with Gasteiger partial charge in [-0.2, -0.15) is 0 Å². The van der Waals surface area contributed by atoms with Crippen molar-refractivity contribution in [1.29, 1.82) is 0 Å². The van der Waals surface area contributed by atoms with Gasteiger partial charge in [-0.3, -0.25) is 4.79 Å². The fraction of sp³-hybridized carbons (Fsp3) is 0.364. The summed E-state index contributed by atoms with van der Waals surface area (Å²) in [5, 5.41) is 3.53. The van der Waals surface area contributed by atoms with E-state index in [1.807, 2.05) is 12.1 Å². The summed E-state index contributed by atoms with van der Waals surface area (Å²) in [5.74, 6) is 0.329. The normalized spacial score (nSPS) is 15.9. The SMILES string of the molecule is O=C(Nc1ccc(Cl)c(Br)c1)C1CCC1. The Kier molecular flexibility index (Phi) is 3.32. The third kappa shape index (κ3) is 2.52. The Bertz CT molecular complexity index is 390. The third-order valence-corrected chi connectivity index (χ3v) is 3.88. The molecule has 0 radical (unpaired) electrons. The van der Waals surface area contributed by atoms with E-state index in [1.54, 1.807) is 6.07 Å². The van der Waals surface area contributed by atoms with Crippen LogP contribution in [-0.2, 0) is 4.79 Å². The minimum Gasteiger partial charge on any atom is -0.326 e. The van der Waals surface area contributed by atoms with Crippen molar-refractivity contribution in [1.82, 2.24) is 0 Å². The Morgan fingerprint density at radius 1 is 1.47 bits per heavy atom. The molecule has 1 N–H and O–H groups in total. The highest BCUT2D eigenvalue weighted by Crippen LogP contribution is 2.29. The number of hydrogen-bond donors (Lipinski definition) is 1. The van der Waals surface area contributed by atoms with E-state index in [0.717, 1.165) is 23.0 Å². The molecule has 2 nitrogen and oxygen atoms in total. The molecule has 1 saturated carbocycles. The van der Waals surface area contributed by atoms with Gasteiger partial charge in [-0.1, -0.05) is 18.0 Å². The van der Waals surface area contributed by atoms with Crippen LogP contribution in [0.5, 0.6) is 0 Å². The number of amides is 1. The van der Waals surface area contributed by atoms with E-state index in [4.69, 9.17) is 11.6 Å². The zero-order valence-electron chi connectivity index (χ0n) is 8.09. The molecule has 0 bridgehead atoms. The lowest BCUT2D eigenvalue weighted by Gasteiger charge is -2.24. The molecule has 0 spiro atoms. The molecule has 0 saturated heterocycles. The molecule has 80 valence electrons. The van der Waals surface area contributed by atoms with Crippen molar-refractivity contribution in [3.63, 3.8) is 0 Å². The minimum atomic E-state index is 0.121. The maximum Gasteiger partial charge on any atom is 0.227 e. The van der Waals surface area contributed by atoms with Crippen molar-refractivity contribution in [3.05, 3.63) is 27.7 Å². The van der Waals surface area contributed by atoms with Crippen LogP contribution in [-0.4, -0.2) is 5.91 Å². The van der Waals surface area contributed by atoms with E-state index in [0.29, 0.717) is 5.02 Å². The Morgan fingerprint density at radius 3 is 2.73 bits per heavy atom. The molecule has 0 heterocycles. The fourth-order valence-corrected chi connectivity index (χ4v) is 1.98. The predicted molar refractivity (Wildman–Crippen MR) is 65.1 cm³/mol. The summed E-state index contributed by atoms with van der Waals surface area (Å²) in [7, 11) is 0. The van der Waals surface area contributed by atoms with Gasteiger partial charge in [-0.15, -0.1) is 0 Å². The second-order valence-electron chi connectivity index (χ2n) is 3.75. The summed E-state index contributed by atoms with van der Waals surface area (Å²) in [6, 6.07) is 5.39. The van der Waals surface area contributed by atoms with Crippen molar-refractivity contribution in [2.45, 2.75) is 19.3 Å². The zero-order chi connectivity index (χ0) is 10.8. The Hall–Kier alpha value is -0.540. The van der Waals surface area contributed by atoms with E-state index < -0.39 is 0 Å². The van der Waals surface area contributed by atoms with Crippen LogP contribution in [0.2, 0.25) is 5.02 Å². The lowest BCUT2D eigenvalue weighted by atomic mass is 9.85. The maximum atomic E-state index is 11.6. The summed E-state index contributed by atoms with van der Waals surface area (Å²) >= 11 is 9.18. The lowest BCUT2D eigenvalue weighted by molar-refractivity contribution is -0.122. The van der Waals surface area contributed by atoms with E-state index in [2.05, 4.69) is 21.2 Å². The molecule has 1 amide bonds. The molecular formula is C11H11BrClNO. The first kappa shape index (κ1) is 11.0. The van der Waals surface area contributed by atoms with Crippen LogP contribution in [0.15, 0.2) is 22.7 Å². The largest absolute Gasteiger partial charge is 0.326 e. The number of carbonyl (C=O) groups is 1. The quantitative estimate of drug-likeness (QED) is 0.880. The average Bonchev–Trinajstić information content (AvgIpc) is 2.08. The molecule has 1 aliphatic carbocycles. The van der Waals surface area contributed by atoms with E-state index >= 15 is 0 Å². The maximum absolute atomic E-state index is 11.6. The summed E-state index contributed by atoms with van der Waals surface area (Å²) in [6.07, 6.45) is 3.20. The van der Waals surface area contributed by atoms with Crippen LogP contribution in [0.1, 0.15) is 19.3 Å². The van der Waals surface area contributed by atoms with Crippen molar-refractivity contribution in [3.8, 4) is 0 Å². The molecule has 1 aromatic carbocycles. The van der Waals surface area contributed by atoms with Gasteiger partial charge in [0.15, 0.2) is 0 Å². The minimum absolute atomic E-state index is 0.121. The Labute approximate surface area is 102 Å². The number of benzene rings is 1. The van der Waals surface area contributed by atoms with Gasteiger partial charge in [0.2, 0.25) is 5.91 Å². The molecular weight excluding hydrogens is 277 g/mol. The van der Waals surface area contributed by atoms with Crippen molar-refractivity contribution in [2.24, 2.45) is 5.92 Å². The molecule has 0 aromatic heterocycles. The van der Waals surface area contributed by atoms with E-state index in [9.17, 15) is 4.79 Å². The molecule has 4 heteroatoms. The second-order valence-corrected chi connectivity index (χ2v) is 5.01. The highest BCUT2D eigenvalue weighted by atomic mass is 79.9. The molecule has 0 atom stereocenters. The first-order valence-electron chi connectivity index (χ1n) is 4.93. The van der Waals surface area contributed by atoms with Crippen LogP contribution in [0.3, 0.4) is 0 Å². The van der Waals surface area contributed by atoms with Gasteiger partial charge in [0.1, 0.15) is 0 Å². The number of nitrogens with one attached hydrogen (secondary N) is 1. The molecule has 1 fully saturated rings. The Balaban J connectivity index is 2.03. The summed E-state index contributed by atoms with van der Waals surface area (Å²) < 4.78 is 0.801. The van der Waals surface area contributed by atoms with E-state index in [-0.39, 0.29) is 11.8 Å². The molecule has 15 heavy (non-hydrogen) atoms. The lowest BCUT2D eigenvalue weighted by Crippen LogP contribution is -2.27. The number of carbonyl (C=O) groups excluding carboxylic acids is 1. The topological polar surface area (TPSA) is 29.1 Å². The first-order valence-corrected chi connectivity index (χ1v) is 6.10. The van der Waals surface area contributed by atoms with Gasteiger partial charge in [0, 0.05) is 16.1 Å². The summed E-state index contributed by atoms with van der Waals surface area (Å²) in [5.41, 5.74) is 0.795. The average molecular weight is 289 g/mol. The van der Waals surface area contributed by atoms with Gasteiger partial charge < -0.3 is 5.32 Å². The van der Waals surface area contributed by atoms with Gasteiger partial charge >= 0.3 is 0 Å². The smallest absolute Gasteiger partial charge is 0.227 e. The van der Waals surface area contributed by atoms with Crippen molar-refractivity contribution < 1.29 is 4.79 Å². The number of anilines is 1. The van der Waals surface area contributed by atoms with Crippen LogP contribution in [0.25, 0.3) is 0 Å². The molecule has 1 aromatic rings. The number of hydrogen-bond acceptors (Lipinski definition) is 1. The third-order valence-electron chi connectivity index (χ3n) is 2.66. The Morgan fingerprint density at radius 2 is 2.20 bits per heavy atom. The van der Waals surface area contributed by atoms with Gasteiger partial charge in [0.05, 0.1) is 5.02 Å². The van der Waals surface area contributed by atoms with Gasteiger partial charge in [0.25, 0.3) is 0 Å². The van der Waals surface area contributed by atoms with Gasteiger partial charge in [-0.05, 0) is 47.0 Å². The van der Waals surface area contributed by atoms with Crippen LogP contribution in [0, 0.1) is 5.92 Å². The molecule has 0 aliphatic heterocycles. The first-order chi connectivity index (χ1) is 7.16. The number of halogens is 2. The van der Waals surface area contributed by atoms with Crippen LogP contribution >= 0.6 is 27.5 Å².